The van der Waals surface area contributed by atoms with E-state index in [1.807, 2.05) is 39.1 Å². The summed E-state index contributed by atoms with van der Waals surface area (Å²) in [6, 6.07) is 10.4. The lowest BCUT2D eigenvalue weighted by molar-refractivity contribution is -0.139. The van der Waals surface area contributed by atoms with Crippen molar-refractivity contribution in [3.05, 3.63) is 35.9 Å². The maximum atomic E-state index is 10.8. The van der Waals surface area contributed by atoms with Crippen LogP contribution in [0.2, 0.25) is 0 Å². The van der Waals surface area contributed by atoms with Gasteiger partial charge in [0.2, 0.25) is 0 Å². The molecule has 1 N–H and O–H groups in total. The van der Waals surface area contributed by atoms with Crippen LogP contribution < -0.4 is 0 Å². The van der Waals surface area contributed by atoms with Crippen molar-refractivity contribution in [2.45, 2.75) is 26.7 Å². The van der Waals surface area contributed by atoms with Crippen LogP contribution in [0.25, 0.3) is 0 Å². The summed E-state index contributed by atoms with van der Waals surface area (Å²) in [7, 11) is 2.05. The van der Waals surface area contributed by atoms with E-state index in [0.29, 0.717) is 0 Å². The molecule has 0 aliphatic heterocycles. The zero-order chi connectivity index (χ0) is 13.6. The molecule has 100 valence electrons. The van der Waals surface area contributed by atoms with Gasteiger partial charge in [0.15, 0.2) is 0 Å². The minimum absolute atomic E-state index is 0.183. The first kappa shape index (κ1) is 14.7. The van der Waals surface area contributed by atoms with Gasteiger partial charge < -0.3 is 10.0 Å². The lowest BCUT2D eigenvalue weighted by Gasteiger charge is -2.28. The molecule has 0 atom stereocenters. The Morgan fingerprint density at radius 1 is 1.28 bits per heavy atom. The van der Waals surface area contributed by atoms with E-state index < -0.39 is 5.97 Å². The molecule has 1 rings (SSSR count). The quantitative estimate of drug-likeness (QED) is 0.807. The molecule has 0 bridgehead atoms. The lowest BCUT2D eigenvalue weighted by atomic mass is 9.89. The van der Waals surface area contributed by atoms with Gasteiger partial charge in [-0.2, -0.15) is 0 Å². The molecule has 0 spiro atoms. The average molecular weight is 249 g/mol. The minimum atomic E-state index is -0.726. The topological polar surface area (TPSA) is 40.5 Å². The van der Waals surface area contributed by atoms with Crippen molar-refractivity contribution in [2.75, 3.05) is 20.1 Å². The molecule has 0 saturated heterocycles. The first-order valence-corrected chi connectivity index (χ1v) is 6.33. The molecule has 18 heavy (non-hydrogen) atoms. The Labute approximate surface area is 109 Å². The summed E-state index contributed by atoms with van der Waals surface area (Å²) < 4.78 is 0. The maximum absolute atomic E-state index is 10.8. The van der Waals surface area contributed by atoms with Crippen molar-refractivity contribution in [1.29, 1.82) is 0 Å². The van der Waals surface area contributed by atoms with Crippen molar-refractivity contribution >= 4 is 5.97 Å². The normalized spacial score (nSPS) is 11.8. The van der Waals surface area contributed by atoms with Crippen LogP contribution in [0.5, 0.6) is 0 Å². The summed E-state index contributed by atoms with van der Waals surface area (Å²) in [5.41, 5.74) is 1.14. The number of aliphatic carboxylic acids is 1. The Bertz CT molecular complexity index is 373. The van der Waals surface area contributed by atoms with Crippen LogP contribution in [0, 0.1) is 5.41 Å². The number of carbonyl (C=O) groups is 1. The van der Waals surface area contributed by atoms with Gasteiger partial charge in [-0.05, 0) is 24.4 Å². The summed E-state index contributed by atoms with van der Waals surface area (Å²) in [5.74, 6) is -0.726. The molecule has 0 aliphatic carbocycles. The monoisotopic (exact) mass is 249 g/mol. The molecule has 0 heterocycles. The van der Waals surface area contributed by atoms with Crippen LogP contribution in [-0.4, -0.2) is 36.1 Å². The number of hydrogen-bond donors (Lipinski definition) is 1. The second-order valence-electron chi connectivity index (χ2n) is 5.71. The molecular weight excluding hydrogens is 226 g/mol. The first-order chi connectivity index (χ1) is 8.39. The molecule has 0 saturated carbocycles. The number of carboxylic acids is 1. The van der Waals surface area contributed by atoms with E-state index in [0.717, 1.165) is 19.5 Å². The predicted molar refractivity (Wildman–Crippen MR) is 73.7 cm³/mol. The Morgan fingerprint density at radius 3 is 2.44 bits per heavy atom. The van der Waals surface area contributed by atoms with Gasteiger partial charge >= 0.3 is 5.97 Å². The third kappa shape index (κ3) is 5.82. The first-order valence-electron chi connectivity index (χ1n) is 6.33. The zero-order valence-electron chi connectivity index (χ0n) is 11.5. The highest BCUT2D eigenvalue weighted by molar-refractivity contribution is 5.67. The summed E-state index contributed by atoms with van der Waals surface area (Å²) in [5, 5.41) is 8.85. The van der Waals surface area contributed by atoms with Gasteiger partial charge in [-0.3, -0.25) is 4.79 Å². The third-order valence-electron chi connectivity index (χ3n) is 2.95. The fourth-order valence-electron chi connectivity index (χ4n) is 2.24. The standard InChI is InChI=1S/C15H23NO2/c1-15(2,11-14(17)18)12-16(3)10-9-13-7-5-4-6-8-13/h4-8H,9-12H2,1-3H3,(H,17,18). The largest absolute Gasteiger partial charge is 0.481 e. The highest BCUT2D eigenvalue weighted by atomic mass is 16.4. The second-order valence-corrected chi connectivity index (χ2v) is 5.71. The maximum Gasteiger partial charge on any atom is 0.303 e. The van der Waals surface area contributed by atoms with Crippen molar-refractivity contribution in [1.82, 2.24) is 4.90 Å². The molecular formula is C15H23NO2. The van der Waals surface area contributed by atoms with Crippen molar-refractivity contribution < 1.29 is 9.90 Å². The zero-order valence-corrected chi connectivity index (χ0v) is 11.5. The fraction of sp³-hybridized carbons (Fsp3) is 0.533. The molecule has 0 aliphatic rings. The van der Waals surface area contributed by atoms with Gasteiger partial charge in [-0.25, -0.2) is 0 Å². The molecule has 0 amide bonds. The number of hydrogen-bond acceptors (Lipinski definition) is 2. The van der Waals surface area contributed by atoms with Gasteiger partial charge in [-0.15, -0.1) is 0 Å². The summed E-state index contributed by atoms with van der Waals surface area (Å²) in [6.07, 6.45) is 1.21. The van der Waals surface area contributed by atoms with Crippen LogP contribution in [0.4, 0.5) is 0 Å². The van der Waals surface area contributed by atoms with Crippen LogP contribution in [-0.2, 0) is 11.2 Å². The molecule has 1 aromatic rings. The Balaban J connectivity index is 2.37. The second kappa shape index (κ2) is 6.55. The predicted octanol–water partition coefficient (Wildman–Crippen LogP) is 2.66. The van der Waals surface area contributed by atoms with Gasteiger partial charge in [0.05, 0.1) is 6.42 Å². The summed E-state index contributed by atoms with van der Waals surface area (Å²) >= 11 is 0. The lowest BCUT2D eigenvalue weighted by Crippen LogP contribution is -2.34. The van der Waals surface area contributed by atoms with Crippen LogP contribution in [0.3, 0.4) is 0 Å². The molecule has 0 aromatic heterocycles. The van der Waals surface area contributed by atoms with E-state index in [1.54, 1.807) is 0 Å². The molecule has 3 heteroatoms. The molecule has 1 aromatic carbocycles. The number of nitrogens with zero attached hydrogens (tertiary/aromatic N) is 1. The van der Waals surface area contributed by atoms with E-state index in [9.17, 15) is 4.79 Å². The highest BCUT2D eigenvalue weighted by Gasteiger charge is 2.23. The molecule has 0 fully saturated rings. The van der Waals surface area contributed by atoms with Crippen molar-refractivity contribution in [3.8, 4) is 0 Å². The van der Waals surface area contributed by atoms with E-state index in [1.165, 1.54) is 5.56 Å². The van der Waals surface area contributed by atoms with Gasteiger partial charge in [-0.1, -0.05) is 44.2 Å². The van der Waals surface area contributed by atoms with Gasteiger partial charge in [0, 0.05) is 13.1 Å². The Hall–Kier alpha value is -1.35. The molecule has 0 radical (unpaired) electrons. The Morgan fingerprint density at radius 2 is 1.89 bits per heavy atom. The third-order valence-corrected chi connectivity index (χ3v) is 2.95. The number of rotatable bonds is 7. The van der Waals surface area contributed by atoms with Crippen LogP contribution in [0.15, 0.2) is 30.3 Å². The van der Waals surface area contributed by atoms with Gasteiger partial charge in [0.1, 0.15) is 0 Å². The van der Waals surface area contributed by atoms with Crippen molar-refractivity contribution in [2.24, 2.45) is 5.41 Å². The number of likely N-dealkylation sites (N-methyl/N-ethyl adjacent to an activating group) is 1. The van der Waals surface area contributed by atoms with E-state index in [4.69, 9.17) is 5.11 Å². The molecule has 3 nitrogen and oxygen atoms in total. The van der Waals surface area contributed by atoms with Crippen molar-refractivity contribution in [3.63, 3.8) is 0 Å². The van der Waals surface area contributed by atoms with E-state index in [2.05, 4.69) is 17.0 Å². The highest BCUT2D eigenvalue weighted by Crippen LogP contribution is 2.21. The smallest absolute Gasteiger partial charge is 0.303 e. The van der Waals surface area contributed by atoms with Crippen LogP contribution in [0.1, 0.15) is 25.8 Å². The van der Waals surface area contributed by atoms with Crippen LogP contribution >= 0.6 is 0 Å². The molecule has 0 unspecified atom stereocenters. The van der Waals surface area contributed by atoms with Gasteiger partial charge in [0.25, 0.3) is 0 Å². The Kier molecular flexibility index (Phi) is 5.35. The minimum Gasteiger partial charge on any atom is -0.481 e. The number of benzene rings is 1. The average Bonchev–Trinajstić information content (AvgIpc) is 2.25. The number of carboxylic acid groups (broad SMARTS) is 1. The summed E-state index contributed by atoms with van der Waals surface area (Å²) in [6.45, 7) is 5.75. The summed E-state index contributed by atoms with van der Waals surface area (Å²) in [4.78, 5) is 13.0. The SMILES string of the molecule is CN(CCc1ccccc1)CC(C)(C)CC(=O)O. The van der Waals surface area contributed by atoms with E-state index >= 15 is 0 Å². The van der Waals surface area contributed by atoms with E-state index in [-0.39, 0.29) is 11.8 Å². The fourth-order valence-corrected chi connectivity index (χ4v) is 2.24.